The van der Waals surface area contributed by atoms with Gasteiger partial charge in [0.15, 0.2) is 0 Å². The molecule has 0 spiro atoms. The number of hydrogen-bond acceptors (Lipinski definition) is 8. The van der Waals surface area contributed by atoms with Crippen LogP contribution in [0.3, 0.4) is 0 Å². The maximum Gasteiger partial charge on any atom is 0.145 e. The molecule has 0 atom stereocenters. The molecule has 0 saturated carbocycles. The SMILES string of the molecule is c1ccc(-c2ccc(Nc3ccc(-c4ccc5ccccc5c4)c4oc5ccccc5c34)cc2)cc1.c1ccc(Nc2cc(-c3ccc(-c4cccc5ccccc45)cc3)cc3oc4ccccc4c23)cc1.c1ccc(Nc2cc(-c3ccccc3)c3oc4ccccc4c3c2)cc1.c1ccc2c(-c3cc(Nc4ccc(-c5ccc6ccc7ccccc7c6c5)cc4)cc4c3oc3ccccc34)cccc2c1. The summed E-state index contributed by atoms with van der Waals surface area (Å²) < 4.78 is 25.5. The Morgan fingerprint density at radius 3 is 1.12 bits per heavy atom. The van der Waals surface area contributed by atoms with Crippen molar-refractivity contribution in [3.8, 4) is 77.9 Å². The zero-order chi connectivity index (χ0) is 94.2. The molecular weight excluding hydrogens is 1730 g/mol. The number of fused-ring (bicyclic) bond motifs is 18. The lowest BCUT2D eigenvalue weighted by molar-refractivity contribution is 0.669. The smallest absolute Gasteiger partial charge is 0.145 e. The van der Waals surface area contributed by atoms with Crippen LogP contribution in [0.25, 0.3) is 220 Å². The van der Waals surface area contributed by atoms with Crippen LogP contribution in [-0.4, -0.2) is 0 Å². The van der Waals surface area contributed by atoms with Gasteiger partial charge >= 0.3 is 0 Å². The van der Waals surface area contributed by atoms with Crippen molar-refractivity contribution in [2.24, 2.45) is 0 Å². The lowest BCUT2D eigenvalue weighted by Crippen LogP contribution is -1.92. The van der Waals surface area contributed by atoms with Crippen molar-refractivity contribution >= 4 is 187 Å². The highest BCUT2D eigenvalue weighted by Gasteiger charge is 2.23. The zero-order valence-electron chi connectivity index (χ0n) is 77.3. The first-order valence-electron chi connectivity index (χ1n) is 48.1. The summed E-state index contributed by atoms with van der Waals surface area (Å²) in [6, 6.07) is 183. The van der Waals surface area contributed by atoms with E-state index >= 15 is 0 Å². The maximum absolute atomic E-state index is 6.49. The predicted molar refractivity (Wildman–Crippen MR) is 599 cm³/mol. The standard InChI is InChI=1S/C42H27NO.2C34H23NO.C24H17NO/c1-3-11-34-28(8-1)10-7-14-36(34)39-25-33(26-40-37-13-5-6-15-41(37)44-42(39)40)43-32-22-20-27(21-23-32)31-19-18-30-17-16-29-9-2-4-12-35(29)38(30)24-31;1-2-11-27(12-3-1)35-31-21-26(22-33-34(31)30-14-6-7-16-32(30)36-33)23-17-19-25(20-18-23)29-15-8-10-24-9-4-5-13-28(24)29;1-2-8-23(9-3-1)25-16-18-28(19-17-25)35-31-21-20-29(27-15-14-24-10-4-5-11-26(24)22-27)34-33(31)30-12-6-7-13-32(30)36-34;1-3-9-17(10-4-1)21-15-19(25-18-11-5-2-6-12-18)16-22-20-13-7-8-14-23(20)26-24(21)22/h1-26,43H;2*1-22,35H;1-16,25H. The second kappa shape index (κ2) is 37.2. The molecule has 28 rings (SSSR count). The van der Waals surface area contributed by atoms with Crippen molar-refractivity contribution in [3.63, 3.8) is 0 Å². The molecule has 0 aliphatic heterocycles. The molecular formula is C134H90N4O4. The molecule has 670 valence electrons. The molecule has 0 radical (unpaired) electrons. The van der Waals surface area contributed by atoms with Crippen LogP contribution in [0.2, 0.25) is 0 Å². The van der Waals surface area contributed by atoms with Crippen LogP contribution >= 0.6 is 0 Å². The Morgan fingerprint density at radius 1 is 0.127 bits per heavy atom. The second-order valence-electron chi connectivity index (χ2n) is 36.0. The predicted octanol–water partition coefficient (Wildman–Crippen LogP) is 38.8. The molecule has 0 saturated heterocycles. The Labute approximate surface area is 819 Å². The van der Waals surface area contributed by atoms with Gasteiger partial charge < -0.3 is 38.9 Å². The third-order valence-corrected chi connectivity index (χ3v) is 27.1. The molecule has 4 N–H and O–H groups in total. The summed E-state index contributed by atoms with van der Waals surface area (Å²) in [6.45, 7) is 0. The van der Waals surface area contributed by atoms with Crippen LogP contribution in [0, 0.1) is 0 Å². The van der Waals surface area contributed by atoms with Crippen LogP contribution in [0.1, 0.15) is 0 Å². The molecule has 8 nitrogen and oxygen atoms in total. The summed E-state index contributed by atoms with van der Waals surface area (Å²) in [5.41, 5.74) is 31.8. The molecule has 0 aliphatic rings. The average Bonchev–Trinajstić information content (AvgIpc) is 1.62. The van der Waals surface area contributed by atoms with Gasteiger partial charge in [0.05, 0.1) is 22.1 Å². The summed E-state index contributed by atoms with van der Waals surface area (Å²) in [5.74, 6) is 0. The lowest BCUT2D eigenvalue weighted by Gasteiger charge is -2.13. The fourth-order valence-electron chi connectivity index (χ4n) is 20.2. The monoisotopic (exact) mass is 1820 g/mol. The van der Waals surface area contributed by atoms with Crippen molar-refractivity contribution in [1.29, 1.82) is 0 Å². The minimum Gasteiger partial charge on any atom is -0.456 e. The minimum atomic E-state index is 0.880. The molecule has 0 amide bonds. The minimum absolute atomic E-state index is 0.880. The van der Waals surface area contributed by atoms with Crippen LogP contribution < -0.4 is 21.3 Å². The van der Waals surface area contributed by atoms with E-state index in [-0.39, 0.29) is 0 Å². The normalized spacial score (nSPS) is 11.4. The average molecular weight is 1820 g/mol. The van der Waals surface area contributed by atoms with E-state index in [0.29, 0.717) is 0 Å². The van der Waals surface area contributed by atoms with Gasteiger partial charge in [-0.1, -0.05) is 388 Å². The second-order valence-corrected chi connectivity index (χ2v) is 36.0. The first-order chi connectivity index (χ1) is 70.3. The van der Waals surface area contributed by atoms with Crippen molar-refractivity contribution in [1.82, 2.24) is 0 Å². The van der Waals surface area contributed by atoms with Crippen molar-refractivity contribution in [3.05, 3.63) is 522 Å². The van der Waals surface area contributed by atoms with E-state index in [4.69, 9.17) is 17.7 Å². The molecule has 28 aromatic rings. The van der Waals surface area contributed by atoms with Crippen LogP contribution in [0.4, 0.5) is 45.5 Å². The van der Waals surface area contributed by atoms with E-state index in [9.17, 15) is 0 Å². The number of nitrogens with one attached hydrogen (secondary N) is 4. The Kier molecular flexibility index (Phi) is 22.2. The first kappa shape index (κ1) is 84.7. The molecule has 0 bridgehead atoms. The van der Waals surface area contributed by atoms with E-state index in [1.807, 2.05) is 97.1 Å². The number of anilines is 8. The molecule has 142 heavy (non-hydrogen) atoms. The molecule has 0 unspecified atom stereocenters. The Hall–Kier alpha value is -19.0. The molecule has 8 heteroatoms. The van der Waals surface area contributed by atoms with E-state index in [2.05, 4.69) is 446 Å². The third kappa shape index (κ3) is 16.7. The summed E-state index contributed by atoms with van der Waals surface area (Å²) in [7, 11) is 0. The quantitative estimate of drug-likeness (QED) is 0.0754. The third-order valence-electron chi connectivity index (χ3n) is 27.1. The Bertz CT molecular complexity index is 9580. The number of rotatable bonds is 15. The molecule has 24 aromatic carbocycles. The fourth-order valence-corrected chi connectivity index (χ4v) is 20.2. The molecule has 4 aromatic heterocycles. The first-order valence-corrected chi connectivity index (χ1v) is 48.1. The highest BCUT2D eigenvalue weighted by atomic mass is 16.3. The van der Waals surface area contributed by atoms with Gasteiger partial charge in [-0.15, -0.1) is 0 Å². The number of hydrogen-bond donors (Lipinski definition) is 4. The van der Waals surface area contributed by atoms with Crippen molar-refractivity contribution in [2.45, 2.75) is 0 Å². The zero-order valence-corrected chi connectivity index (χ0v) is 77.3. The number of para-hydroxylation sites is 6. The van der Waals surface area contributed by atoms with Gasteiger partial charge in [0.1, 0.15) is 44.7 Å². The van der Waals surface area contributed by atoms with Crippen molar-refractivity contribution < 1.29 is 17.7 Å². The summed E-state index contributed by atoms with van der Waals surface area (Å²) >= 11 is 0. The van der Waals surface area contributed by atoms with Gasteiger partial charge in [-0.3, -0.25) is 0 Å². The number of furan rings is 4. The van der Waals surface area contributed by atoms with Crippen LogP contribution in [0.15, 0.2) is 539 Å². The summed E-state index contributed by atoms with van der Waals surface area (Å²) in [6.07, 6.45) is 0. The highest BCUT2D eigenvalue weighted by Crippen LogP contribution is 2.48. The van der Waals surface area contributed by atoms with E-state index < -0.39 is 0 Å². The van der Waals surface area contributed by atoms with Gasteiger partial charge in [0.2, 0.25) is 0 Å². The van der Waals surface area contributed by atoms with Gasteiger partial charge in [0.25, 0.3) is 0 Å². The Morgan fingerprint density at radius 2 is 0.500 bits per heavy atom. The lowest BCUT2D eigenvalue weighted by atomic mass is 9.95. The molecule has 0 fully saturated rings. The van der Waals surface area contributed by atoms with E-state index in [1.54, 1.807) is 0 Å². The van der Waals surface area contributed by atoms with Crippen molar-refractivity contribution in [2.75, 3.05) is 21.3 Å². The van der Waals surface area contributed by atoms with Gasteiger partial charge in [0, 0.05) is 83.1 Å². The molecule has 4 heterocycles. The maximum atomic E-state index is 6.49. The van der Waals surface area contributed by atoms with Gasteiger partial charge in [-0.2, -0.15) is 0 Å². The number of benzene rings is 24. The summed E-state index contributed by atoms with van der Waals surface area (Å²) in [4.78, 5) is 0. The summed E-state index contributed by atoms with van der Waals surface area (Å²) in [5, 5.41) is 35.9. The fraction of sp³-hybridized carbons (Fsp3) is 0. The van der Waals surface area contributed by atoms with E-state index in [0.717, 1.165) is 178 Å². The largest absolute Gasteiger partial charge is 0.456 e. The van der Waals surface area contributed by atoms with Crippen LogP contribution in [0.5, 0.6) is 0 Å². The van der Waals surface area contributed by atoms with Gasteiger partial charge in [-0.25, -0.2) is 0 Å². The molecule has 0 aliphatic carbocycles. The van der Waals surface area contributed by atoms with E-state index in [1.165, 1.54) is 87.2 Å². The Balaban J connectivity index is 0.000000101. The van der Waals surface area contributed by atoms with Gasteiger partial charge in [-0.05, 0) is 249 Å². The highest BCUT2D eigenvalue weighted by molar-refractivity contribution is 6.19. The topological polar surface area (TPSA) is 101 Å². The van der Waals surface area contributed by atoms with Crippen LogP contribution in [-0.2, 0) is 0 Å².